The van der Waals surface area contributed by atoms with Crippen LogP contribution in [-0.4, -0.2) is 16.5 Å². The van der Waals surface area contributed by atoms with Gasteiger partial charge in [0.05, 0.1) is 5.69 Å². The van der Waals surface area contributed by atoms with Gasteiger partial charge < -0.3 is 10.2 Å². The standard InChI is InChI=1S/C15H15ClN4/c16-15-18-12-9-17-8-11(12)14(19-15)20-7-3-5-10-4-1-2-6-13(10)20/h1-2,4,6,17H,3,5,7-9H2. The van der Waals surface area contributed by atoms with Gasteiger partial charge in [0, 0.05) is 30.9 Å². The minimum absolute atomic E-state index is 0.338. The summed E-state index contributed by atoms with van der Waals surface area (Å²) in [4.78, 5) is 11.1. The van der Waals surface area contributed by atoms with Crippen molar-refractivity contribution in [3.8, 4) is 0 Å². The van der Waals surface area contributed by atoms with Gasteiger partial charge in [0.1, 0.15) is 5.82 Å². The highest BCUT2D eigenvalue weighted by Crippen LogP contribution is 2.36. The van der Waals surface area contributed by atoms with E-state index in [9.17, 15) is 0 Å². The first-order valence-electron chi connectivity index (χ1n) is 6.94. The fraction of sp³-hybridized carbons (Fsp3) is 0.333. The van der Waals surface area contributed by atoms with E-state index in [-0.39, 0.29) is 0 Å². The number of nitrogens with zero attached hydrogens (tertiary/aromatic N) is 3. The molecule has 3 heterocycles. The largest absolute Gasteiger partial charge is 0.326 e. The molecule has 4 nitrogen and oxygen atoms in total. The second kappa shape index (κ2) is 4.72. The van der Waals surface area contributed by atoms with Crippen LogP contribution in [-0.2, 0) is 19.5 Å². The quantitative estimate of drug-likeness (QED) is 0.819. The summed E-state index contributed by atoms with van der Waals surface area (Å²) in [6.07, 6.45) is 2.27. The van der Waals surface area contributed by atoms with E-state index < -0.39 is 0 Å². The van der Waals surface area contributed by atoms with Crippen molar-refractivity contribution in [3.05, 3.63) is 46.4 Å². The lowest BCUT2D eigenvalue weighted by atomic mass is 10.0. The molecule has 0 fully saturated rings. The van der Waals surface area contributed by atoms with Gasteiger partial charge >= 0.3 is 0 Å². The predicted molar refractivity (Wildman–Crippen MR) is 79.4 cm³/mol. The Hall–Kier alpha value is -1.65. The Morgan fingerprint density at radius 3 is 3.00 bits per heavy atom. The highest BCUT2D eigenvalue weighted by Gasteiger charge is 2.26. The van der Waals surface area contributed by atoms with Gasteiger partial charge in [-0.25, -0.2) is 4.98 Å². The lowest BCUT2D eigenvalue weighted by Crippen LogP contribution is -2.26. The Balaban J connectivity index is 1.87. The third-order valence-corrected chi connectivity index (χ3v) is 4.17. The monoisotopic (exact) mass is 286 g/mol. The molecule has 0 unspecified atom stereocenters. The van der Waals surface area contributed by atoms with Crippen LogP contribution < -0.4 is 10.2 Å². The lowest BCUT2D eigenvalue weighted by molar-refractivity contribution is 0.745. The van der Waals surface area contributed by atoms with E-state index in [1.807, 2.05) is 0 Å². The number of hydrogen-bond donors (Lipinski definition) is 1. The Morgan fingerprint density at radius 1 is 1.15 bits per heavy atom. The number of para-hydroxylation sites is 1. The zero-order valence-electron chi connectivity index (χ0n) is 11.1. The number of nitrogens with one attached hydrogen (secondary N) is 1. The van der Waals surface area contributed by atoms with Gasteiger partial charge in [0.2, 0.25) is 5.28 Å². The van der Waals surface area contributed by atoms with Crippen molar-refractivity contribution >= 4 is 23.1 Å². The molecule has 0 amide bonds. The second-order valence-corrected chi connectivity index (χ2v) is 5.57. The van der Waals surface area contributed by atoms with Crippen molar-refractivity contribution in [1.29, 1.82) is 0 Å². The maximum absolute atomic E-state index is 6.10. The number of rotatable bonds is 1. The van der Waals surface area contributed by atoms with E-state index in [0.29, 0.717) is 5.28 Å². The fourth-order valence-corrected chi connectivity index (χ4v) is 3.28. The number of aryl methyl sites for hydroxylation is 1. The van der Waals surface area contributed by atoms with Crippen LogP contribution in [0, 0.1) is 0 Å². The lowest BCUT2D eigenvalue weighted by Gasteiger charge is -2.31. The zero-order valence-corrected chi connectivity index (χ0v) is 11.8. The Morgan fingerprint density at radius 2 is 2.05 bits per heavy atom. The Labute approximate surface area is 122 Å². The van der Waals surface area contributed by atoms with E-state index in [2.05, 4.69) is 44.5 Å². The third-order valence-electron chi connectivity index (χ3n) is 4.00. The van der Waals surface area contributed by atoms with E-state index in [1.165, 1.54) is 16.8 Å². The van der Waals surface area contributed by atoms with Crippen LogP contribution in [0.1, 0.15) is 23.2 Å². The van der Waals surface area contributed by atoms with Crippen molar-refractivity contribution in [2.75, 3.05) is 11.4 Å². The maximum Gasteiger partial charge on any atom is 0.224 e. The van der Waals surface area contributed by atoms with E-state index >= 15 is 0 Å². The van der Waals surface area contributed by atoms with Gasteiger partial charge in [0.25, 0.3) is 0 Å². The fourth-order valence-electron chi connectivity index (χ4n) is 3.10. The average molecular weight is 287 g/mol. The summed E-state index contributed by atoms with van der Waals surface area (Å²) in [7, 11) is 0. The van der Waals surface area contributed by atoms with Crippen molar-refractivity contribution in [3.63, 3.8) is 0 Å². The minimum atomic E-state index is 0.338. The molecule has 0 atom stereocenters. The van der Waals surface area contributed by atoms with Gasteiger partial charge in [-0.2, -0.15) is 4.98 Å². The SMILES string of the molecule is Clc1nc2c(c(N3CCCc4ccccc43)n1)CNC2. The van der Waals surface area contributed by atoms with Crippen LogP contribution in [0.3, 0.4) is 0 Å². The number of benzene rings is 1. The number of aromatic nitrogens is 2. The number of fused-ring (bicyclic) bond motifs is 2. The normalized spacial score (nSPS) is 16.9. The van der Waals surface area contributed by atoms with Crippen LogP contribution in [0.2, 0.25) is 5.28 Å². The molecule has 102 valence electrons. The summed E-state index contributed by atoms with van der Waals surface area (Å²) in [6.45, 7) is 2.58. The van der Waals surface area contributed by atoms with E-state index in [1.54, 1.807) is 0 Å². The summed E-state index contributed by atoms with van der Waals surface area (Å²) in [5.74, 6) is 0.970. The van der Waals surface area contributed by atoms with Crippen molar-refractivity contribution < 1.29 is 0 Å². The molecule has 1 aromatic carbocycles. The molecule has 4 rings (SSSR count). The van der Waals surface area contributed by atoms with Crippen molar-refractivity contribution in [2.24, 2.45) is 0 Å². The van der Waals surface area contributed by atoms with Crippen LogP contribution in [0.5, 0.6) is 0 Å². The molecule has 1 N–H and O–H groups in total. The summed E-state index contributed by atoms with van der Waals surface area (Å²) in [5, 5.41) is 3.67. The van der Waals surface area contributed by atoms with Gasteiger partial charge in [-0.15, -0.1) is 0 Å². The molecule has 0 spiro atoms. The Kier molecular flexibility index (Phi) is 2.86. The molecule has 2 aliphatic rings. The van der Waals surface area contributed by atoms with Gasteiger partial charge in [0.15, 0.2) is 0 Å². The molecule has 1 aromatic heterocycles. The first-order valence-corrected chi connectivity index (χ1v) is 7.32. The van der Waals surface area contributed by atoms with Crippen LogP contribution in [0.15, 0.2) is 24.3 Å². The predicted octanol–water partition coefficient (Wildman–Crippen LogP) is 2.82. The summed E-state index contributed by atoms with van der Waals surface area (Å²) in [5.41, 5.74) is 4.85. The van der Waals surface area contributed by atoms with Gasteiger partial charge in [-0.3, -0.25) is 0 Å². The second-order valence-electron chi connectivity index (χ2n) is 5.23. The van der Waals surface area contributed by atoms with Gasteiger partial charge in [-0.05, 0) is 36.1 Å². The highest BCUT2D eigenvalue weighted by molar-refractivity contribution is 6.28. The smallest absolute Gasteiger partial charge is 0.224 e. The third kappa shape index (κ3) is 1.87. The molecule has 0 radical (unpaired) electrons. The molecule has 5 heteroatoms. The topological polar surface area (TPSA) is 41.1 Å². The number of halogens is 1. The van der Waals surface area contributed by atoms with Crippen LogP contribution in [0.4, 0.5) is 11.5 Å². The first-order chi connectivity index (χ1) is 9.83. The highest BCUT2D eigenvalue weighted by atomic mass is 35.5. The van der Waals surface area contributed by atoms with Crippen molar-refractivity contribution in [2.45, 2.75) is 25.9 Å². The summed E-state index contributed by atoms with van der Waals surface area (Å²) in [6, 6.07) is 8.54. The summed E-state index contributed by atoms with van der Waals surface area (Å²) >= 11 is 6.10. The molecule has 2 aromatic rings. The molecular formula is C15H15ClN4. The minimum Gasteiger partial charge on any atom is -0.326 e. The molecule has 0 saturated carbocycles. The maximum atomic E-state index is 6.10. The zero-order chi connectivity index (χ0) is 13.5. The van der Waals surface area contributed by atoms with Crippen molar-refractivity contribution in [1.82, 2.24) is 15.3 Å². The first kappa shape index (κ1) is 12.1. The molecule has 20 heavy (non-hydrogen) atoms. The molecule has 0 bridgehead atoms. The number of hydrogen-bond acceptors (Lipinski definition) is 4. The molecule has 0 saturated heterocycles. The number of anilines is 2. The Bertz CT molecular complexity index is 671. The van der Waals surface area contributed by atoms with Crippen LogP contribution in [0.25, 0.3) is 0 Å². The molecular weight excluding hydrogens is 272 g/mol. The molecule has 0 aliphatic carbocycles. The average Bonchev–Trinajstić information content (AvgIpc) is 2.94. The molecule has 2 aliphatic heterocycles. The summed E-state index contributed by atoms with van der Waals surface area (Å²) < 4.78 is 0. The van der Waals surface area contributed by atoms with Crippen LogP contribution >= 0.6 is 11.6 Å². The van der Waals surface area contributed by atoms with E-state index in [0.717, 1.165) is 44.0 Å². The van der Waals surface area contributed by atoms with E-state index in [4.69, 9.17) is 11.6 Å². The van der Waals surface area contributed by atoms with Gasteiger partial charge in [-0.1, -0.05) is 18.2 Å².